The van der Waals surface area contributed by atoms with Gasteiger partial charge in [0.2, 0.25) is 10.0 Å². The average Bonchev–Trinajstić information content (AvgIpc) is 3.45. The van der Waals surface area contributed by atoms with Gasteiger partial charge in [-0.2, -0.15) is 13.2 Å². The number of halogens is 3. The lowest BCUT2D eigenvalue weighted by Gasteiger charge is -2.25. The molecule has 6 nitrogen and oxygen atoms in total. The van der Waals surface area contributed by atoms with Crippen molar-refractivity contribution >= 4 is 37.4 Å². The van der Waals surface area contributed by atoms with Gasteiger partial charge in [0, 0.05) is 24.0 Å². The fraction of sp³-hybridized carbons (Fsp3) is 0.455. The van der Waals surface area contributed by atoms with Crippen LogP contribution in [0.3, 0.4) is 0 Å². The van der Waals surface area contributed by atoms with E-state index in [0.29, 0.717) is 22.6 Å². The van der Waals surface area contributed by atoms with E-state index in [4.69, 9.17) is 0 Å². The SMILES string of the molecule is O=S(=O)(NC1CCC2(CCN(c3ncnc4sc(CC(F)(F)F)cc34)C2)C1)c1ccccc1. The highest BCUT2D eigenvalue weighted by molar-refractivity contribution is 7.89. The van der Waals surface area contributed by atoms with Crippen LogP contribution in [-0.2, 0) is 16.4 Å². The molecule has 2 fully saturated rings. The number of anilines is 1. The molecule has 0 amide bonds. The molecular weight excluding hydrogens is 473 g/mol. The number of sulfonamides is 1. The first-order valence-corrected chi connectivity index (χ1v) is 13.1. The van der Waals surface area contributed by atoms with Gasteiger partial charge in [0.1, 0.15) is 17.0 Å². The second-order valence-corrected chi connectivity index (χ2v) is 11.8. The Morgan fingerprint density at radius 1 is 1.18 bits per heavy atom. The molecule has 176 valence electrons. The molecule has 1 N–H and O–H groups in total. The van der Waals surface area contributed by atoms with E-state index in [-0.39, 0.29) is 21.2 Å². The van der Waals surface area contributed by atoms with Gasteiger partial charge < -0.3 is 4.90 Å². The molecule has 1 spiro atoms. The minimum Gasteiger partial charge on any atom is -0.355 e. The van der Waals surface area contributed by atoms with Crippen LogP contribution in [-0.4, -0.2) is 43.7 Å². The van der Waals surface area contributed by atoms with Crippen molar-refractivity contribution in [1.29, 1.82) is 0 Å². The molecule has 0 bridgehead atoms. The monoisotopic (exact) mass is 496 g/mol. The van der Waals surface area contributed by atoms with Crippen LogP contribution < -0.4 is 9.62 Å². The zero-order chi connectivity index (χ0) is 23.3. The lowest BCUT2D eigenvalue weighted by Crippen LogP contribution is -2.34. The van der Waals surface area contributed by atoms with Crippen LogP contribution in [0.2, 0.25) is 0 Å². The van der Waals surface area contributed by atoms with E-state index in [2.05, 4.69) is 19.6 Å². The summed E-state index contributed by atoms with van der Waals surface area (Å²) in [7, 11) is -3.57. The molecule has 0 radical (unpaired) electrons. The third kappa shape index (κ3) is 4.71. The van der Waals surface area contributed by atoms with E-state index in [0.717, 1.165) is 43.6 Å². The Bertz CT molecular complexity index is 1260. The first-order valence-electron chi connectivity index (χ1n) is 10.8. The van der Waals surface area contributed by atoms with Gasteiger partial charge >= 0.3 is 6.18 Å². The summed E-state index contributed by atoms with van der Waals surface area (Å²) in [6.07, 6.45) is -0.564. The Hall–Kier alpha value is -2.24. The number of hydrogen-bond donors (Lipinski definition) is 1. The molecule has 1 aliphatic carbocycles. The molecule has 33 heavy (non-hydrogen) atoms. The summed E-state index contributed by atoms with van der Waals surface area (Å²) in [5.41, 5.74) is -0.0357. The average molecular weight is 497 g/mol. The second kappa shape index (κ2) is 8.21. The molecule has 1 saturated carbocycles. The smallest absolute Gasteiger partial charge is 0.355 e. The van der Waals surface area contributed by atoms with Crippen molar-refractivity contribution in [2.75, 3.05) is 18.0 Å². The first-order chi connectivity index (χ1) is 15.6. The van der Waals surface area contributed by atoms with Crippen molar-refractivity contribution in [2.45, 2.75) is 49.2 Å². The minimum atomic E-state index is -4.27. The van der Waals surface area contributed by atoms with E-state index in [1.54, 1.807) is 36.4 Å². The molecule has 2 aromatic heterocycles. The predicted octanol–water partition coefficient (Wildman–Crippen LogP) is 4.52. The summed E-state index contributed by atoms with van der Waals surface area (Å²) < 4.78 is 66.8. The maximum absolute atomic E-state index is 12.8. The van der Waals surface area contributed by atoms with Gasteiger partial charge in [-0.3, -0.25) is 0 Å². The molecule has 2 atom stereocenters. The van der Waals surface area contributed by atoms with Crippen LogP contribution in [0.4, 0.5) is 19.0 Å². The fourth-order valence-electron chi connectivity index (χ4n) is 5.11. The van der Waals surface area contributed by atoms with E-state index >= 15 is 0 Å². The van der Waals surface area contributed by atoms with Crippen LogP contribution in [0.25, 0.3) is 10.2 Å². The number of alkyl halides is 3. The molecule has 1 aliphatic heterocycles. The molecule has 3 aromatic rings. The van der Waals surface area contributed by atoms with Crippen molar-refractivity contribution < 1.29 is 21.6 Å². The Balaban J connectivity index is 1.30. The summed E-state index contributed by atoms with van der Waals surface area (Å²) in [4.78, 5) is 11.7. The van der Waals surface area contributed by atoms with Crippen molar-refractivity contribution in [2.24, 2.45) is 5.41 Å². The van der Waals surface area contributed by atoms with E-state index < -0.39 is 22.6 Å². The quantitative estimate of drug-likeness (QED) is 0.562. The summed E-state index contributed by atoms with van der Waals surface area (Å²) in [6.45, 7) is 1.43. The zero-order valence-electron chi connectivity index (χ0n) is 17.7. The third-order valence-corrected chi connectivity index (χ3v) is 9.13. The number of thiophene rings is 1. The Labute approximate surface area is 193 Å². The number of benzene rings is 1. The van der Waals surface area contributed by atoms with Gasteiger partial charge in [-0.15, -0.1) is 11.3 Å². The van der Waals surface area contributed by atoms with Gasteiger partial charge in [-0.05, 0) is 49.3 Å². The maximum Gasteiger partial charge on any atom is 0.393 e. The van der Waals surface area contributed by atoms with Crippen molar-refractivity contribution in [3.8, 4) is 0 Å². The molecular formula is C22H23F3N4O2S2. The standard InChI is InChI=1S/C22H23F3N4O2S2/c23-22(24,25)12-16-10-18-19(26-14-27-20(18)32-16)29-9-8-21(13-29)7-6-15(11-21)28-33(30,31)17-4-2-1-3-5-17/h1-5,10,14-15,28H,6-9,11-13H2. The molecule has 1 aromatic carbocycles. The Kier molecular flexibility index (Phi) is 5.61. The van der Waals surface area contributed by atoms with E-state index in [1.165, 1.54) is 6.33 Å². The topological polar surface area (TPSA) is 75.2 Å². The van der Waals surface area contributed by atoms with Crippen LogP contribution in [0.1, 0.15) is 30.6 Å². The molecule has 3 heterocycles. The largest absolute Gasteiger partial charge is 0.393 e. The van der Waals surface area contributed by atoms with Gasteiger partial charge in [-0.1, -0.05) is 18.2 Å². The van der Waals surface area contributed by atoms with E-state index in [1.807, 2.05) is 0 Å². The third-order valence-electron chi connectivity index (χ3n) is 6.55. The molecule has 2 unspecified atom stereocenters. The van der Waals surface area contributed by atoms with Crippen LogP contribution in [0, 0.1) is 5.41 Å². The summed E-state index contributed by atoms with van der Waals surface area (Å²) in [6, 6.07) is 9.76. The minimum absolute atomic E-state index is 0.0357. The first kappa shape index (κ1) is 22.5. The highest BCUT2D eigenvalue weighted by atomic mass is 32.2. The highest BCUT2D eigenvalue weighted by Gasteiger charge is 2.45. The van der Waals surface area contributed by atoms with Gasteiger partial charge in [0.25, 0.3) is 0 Å². The molecule has 2 aliphatic rings. The van der Waals surface area contributed by atoms with Crippen molar-refractivity contribution in [3.63, 3.8) is 0 Å². The predicted molar refractivity (Wildman–Crippen MR) is 121 cm³/mol. The lowest BCUT2D eigenvalue weighted by molar-refractivity contribution is -0.126. The number of rotatable bonds is 5. The summed E-state index contributed by atoms with van der Waals surface area (Å²) in [5, 5.41) is 0.651. The Morgan fingerprint density at radius 2 is 1.97 bits per heavy atom. The van der Waals surface area contributed by atoms with Crippen LogP contribution in [0.5, 0.6) is 0 Å². The molecule has 1 saturated heterocycles. The fourth-order valence-corrected chi connectivity index (χ4v) is 7.42. The second-order valence-electron chi connectivity index (χ2n) is 8.97. The molecule has 5 rings (SSSR count). The summed E-state index contributed by atoms with van der Waals surface area (Å²) >= 11 is 1.05. The highest BCUT2D eigenvalue weighted by Crippen LogP contribution is 2.47. The van der Waals surface area contributed by atoms with Crippen molar-refractivity contribution in [3.05, 3.63) is 47.6 Å². The van der Waals surface area contributed by atoms with E-state index in [9.17, 15) is 21.6 Å². The normalized spacial score (nSPS) is 23.7. The number of fused-ring (bicyclic) bond motifs is 1. The maximum atomic E-state index is 12.8. The van der Waals surface area contributed by atoms with Crippen LogP contribution >= 0.6 is 11.3 Å². The van der Waals surface area contributed by atoms with Crippen LogP contribution in [0.15, 0.2) is 47.6 Å². The van der Waals surface area contributed by atoms with Crippen molar-refractivity contribution in [1.82, 2.24) is 14.7 Å². The Morgan fingerprint density at radius 3 is 2.73 bits per heavy atom. The molecule has 11 heteroatoms. The number of nitrogens with one attached hydrogen (secondary N) is 1. The number of aromatic nitrogens is 2. The zero-order valence-corrected chi connectivity index (χ0v) is 19.3. The van der Waals surface area contributed by atoms with Gasteiger partial charge in [-0.25, -0.2) is 23.1 Å². The number of nitrogens with zero attached hydrogens (tertiary/aromatic N) is 3. The van der Waals surface area contributed by atoms with Gasteiger partial charge in [0.15, 0.2) is 0 Å². The summed E-state index contributed by atoms with van der Waals surface area (Å²) in [5.74, 6) is 0.662. The number of hydrogen-bond acceptors (Lipinski definition) is 6. The van der Waals surface area contributed by atoms with Gasteiger partial charge in [0.05, 0.1) is 16.7 Å². The lowest BCUT2D eigenvalue weighted by atomic mass is 9.85.